The number of H-pyrrole nitrogens is 1. The van der Waals surface area contributed by atoms with Crippen LogP contribution in [-0.4, -0.2) is 59.8 Å². The van der Waals surface area contributed by atoms with Gasteiger partial charge < -0.3 is 10.2 Å². The zero-order chi connectivity index (χ0) is 15.5. The van der Waals surface area contributed by atoms with Gasteiger partial charge in [0.05, 0.1) is 23.6 Å². The number of piperazine rings is 1. The largest absolute Gasteiger partial charge is 0.366 e. The maximum Gasteiger partial charge on any atom is 0.234 e. The number of hydrogen-bond donors (Lipinski definition) is 2. The predicted octanol–water partition coefficient (Wildman–Crippen LogP) is 1.21. The molecule has 1 aromatic rings. The van der Waals surface area contributed by atoms with Crippen LogP contribution < -0.4 is 10.2 Å². The molecule has 1 saturated heterocycles. The van der Waals surface area contributed by atoms with Crippen molar-refractivity contribution in [2.24, 2.45) is 0 Å². The number of aromatic nitrogens is 2. The molecule has 0 aromatic carbocycles. The fraction of sp³-hybridized carbons (Fsp3) is 0.750. The zero-order valence-corrected chi connectivity index (χ0v) is 13.7. The summed E-state index contributed by atoms with van der Waals surface area (Å²) < 4.78 is 0. The van der Waals surface area contributed by atoms with Gasteiger partial charge in [-0.25, -0.2) is 0 Å². The Balaban J connectivity index is 1.46. The van der Waals surface area contributed by atoms with Gasteiger partial charge in [0.2, 0.25) is 5.91 Å². The first kappa shape index (κ1) is 15.3. The Bertz CT molecular complexity index is 493. The molecule has 0 bridgehead atoms. The van der Waals surface area contributed by atoms with Gasteiger partial charge in [-0.1, -0.05) is 12.8 Å². The normalized spacial score (nSPS) is 20.5. The second kappa shape index (κ2) is 6.69. The van der Waals surface area contributed by atoms with Crippen molar-refractivity contribution in [2.75, 3.05) is 37.6 Å². The van der Waals surface area contributed by atoms with E-state index in [2.05, 4.69) is 32.2 Å². The third kappa shape index (κ3) is 3.43. The number of aromatic amines is 1. The zero-order valence-electron chi connectivity index (χ0n) is 13.7. The van der Waals surface area contributed by atoms with Crippen molar-refractivity contribution in [3.63, 3.8) is 0 Å². The molecule has 122 valence electrons. The first-order chi connectivity index (χ1) is 10.6. The van der Waals surface area contributed by atoms with E-state index in [0.717, 1.165) is 50.4 Å². The molecule has 2 heterocycles. The Labute approximate surface area is 132 Å². The van der Waals surface area contributed by atoms with Gasteiger partial charge >= 0.3 is 0 Å². The second-order valence-electron chi connectivity index (χ2n) is 6.59. The van der Waals surface area contributed by atoms with Gasteiger partial charge in [-0.15, -0.1) is 0 Å². The average Bonchev–Trinajstić information content (AvgIpc) is 3.10. The maximum absolute atomic E-state index is 12.1. The molecule has 6 heteroatoms. The summed E-state index contributed by atoms with van der Waals surface area (Å²) in [4.78, 5) is 16.7. The highest BCUT2D eigenvalue weighted by Crippen LogP contribution is 2.23. The molecular weight excluding hydrogens is 278 g/mol. The Morgan fingerprint density at radius 1 is 1.23 bits per heavy atom. The molecular formula is C16H27N5O. The topological polar surface area (TPSA) is 64.3 Å². The number of carbonyl (C=O) groups is 1. The van der Waals surface area contributed by atoms with Crippen molar-refractivity contribution in [3.05, 3.63) is 11.4 Å². The average molecular weight is 305 g/mol. The van der Waals surface area contributed by atoms with Gasteiger partial charge in [0.1, 0.15) is 0 Å². The van der Waals surface area contributed by atoms with Gasteiger partial charge in [0, 0.05) is 32.2 Å². The number of carbonyl (C=O) groups excluding carboxylic acids is 1. The van der Waals surface area contributed by atoms with Gasteiger partial charge in [0.25, 0.3) is 0 Å². The Hall–Kier alpha value is -1.56. The van der Waals surface area contributed by atoms with Crippen LogP contribution in [0.4, 0.5) is 5.69 Å². The van der Waals surface area contributed by atoms with Gasteiger partial charge in [-0.3, -0.25) is 14.8 Å². The predicted molar refractivity (Wildman–Crippen MR) is 87.1 cm³/mol. The summed E-state index contributed by atoms with van der Waals surface area (Å²) in [5.41, 5.74) is 3.42. The van der Waals surface area contributed by atoms with Gasteiger partial charge in [-0.2, -0.15) is 5.10 Å². The molecule has 1 aliphatic carbocycles. The molecule has 6 nitrogen and oxygen atoms in total. The Kier molecular flexibility index (Phi) is 4.66. The molecule has 0 radical (unpaired) electrons. The summed E-state index contributed by atoms with van der Waals surface area (Å²) in [6.07, 6.45) is 4.82. The highest BCUT2D eigenvalue weighted by Gasteiger charge is 2.23. The van der Waals surface area contributed by atoms with E-state index in [9.17, 15) is 4.79 Å². The van der Waals surface area contributed by atoms with Crippen LogP contribution >= 0.6 is 0 Å². The fourth-order valence-corrected chi connectivity index (χ4v) is 3.69. The van der Waals surface area contributed by atoms with Crippen LogP contribution in [0.1, 0.15) is 37.1 Å². The van der Waals surface area contributed by atoms with Crippen molar-refractivity contribution in [3.8, 4) is 0 Å². The highest BCUT2D eigenvalue weighted by atomic mass is 16.2. The fourth-order valence-electron chi connectivity index (χ4n) is 3.69. The number of nitrogens with one attached hydrogen (secondary N) is 2. The summed E-state index contributed by atoms with van der Waals surface area (Å²) in [5.74, 6) is 0.191. The van der Waals surface area contributed by atoms with E-state index in [1.165, 1.54) is 18.5 Å². The van der Waals surface area contributed by atoms with Crippen LogP contribution in [0.3, 0.4) is 0 Å². The first-order valence-corrected chi connectivity index (χ1v) is 8.41. The summed E-state index contributed by atoms with van der Waals surface area (Å²) in [5, 5.41) is 10.5. The van der Waals surface area contributed by atoms with E-state index >= 15 is 0 Å². The molecule has 0 unspecified atom stereocenters. The monoisotopic (exact) mass is 305 g/mol. The summed E-state index contributed by atoms with van der Waals surface area (Å²) in [6, 6.07) is 0.421. The molecule has 2 N–H and O–H groups in total. The first-order valence-electron chi connectivity index (χ1n) is 8.41. The molecule has 2 aliphatic rings. The molecule has 1 aromatic heterocycles. The van der Waals surface area contributed by atoms with E-state index in [1.807, 2.05) is 6.92 Å². The summed E-state index contributed by atoms with van der Waals surface area (Å²) >= 11 is 0. The van der Waals surface area contributed by atoms with E-state index in [1.54, 1.807) is 0 Å². The quantitative estimate of drug-likeness (QED) is 0.877. The van der Waals surface area contributed by atoms with Crippen LogP contribution in [0.2, 0.25) is 0 Å². The third-order valence-electron chi connectivity index (χ3n) is 4.87. The number of rotatable bonds is 4. The van der Waals surface area contributed by atoms with Crippen molar-refractivity contribution in [2.45, 2.75) is 45.6 Å². The van der Waals surface area contributed by atoms with Crippen molar-refractivity contribution < 1.29 is 4.79 Å². The van der Waals surface area contributed by atoms with E-state index < -0.39 is 0 Å². The molecule has 1 saturated carbocycles. The lowest BCUT2D eigenvalue weighted by Crippen LogP contribution is -2.50. The number of nitrogens with zero attached hydrogens (tertiary/aromatic N) is 3. The number of aryl methyl sites for hydroxylation is 2. The lowest BCUT2D eigenvalue weighted by molar-refractivity contribution is -0.123. The third-order valence-corrected chi connectivity index (χ3v) is 4.87. The molecule has 1 aliphatic heterocycles. The standard InChI is InChI=1S/C16H27N5O/c1-12-16(13(2)19-18-12)21-9-7-20(8-10-21)11-15(22)17-14-5-3-4-6-14/h14H,3-11H2,1-2H3,(H,17,22)(H,18,19). The van der Waals surface area contributed by atoms with Crippen LogP contribution in [0.5, 0.6) is 0 Å². The maximum atomic E-state index is 12.1. The van der Waals surface area contributed by atoms with E-state index in [4.69, 9.17) is 0 Å². The highest BCUT2D eigenvalue weighted by molar-refractivity contribution is 5.78. The lowest BCUT2D eigenvalue weighted by Gasteiger charge is -2.35. The Morgan fingerprint density at radius 2 is 1.91 bits per heavy atom. The molecule has 1 amide bonds. The van der Waals surface area contributed by atoms with Gasteiger partial charge in [0.15, 0.2) is 0 Å². The number of anilines is 1. The van der Waals surface area contributed by atoms with Crippen LogP contribution in [0, 0.1) is 13.8 Å². The smallest absolute Gasteiger partial charge is 0.234 e. The minimum absolute atomic E-state index is 0.191. The Morgan fingerprint density at radius 3 is 2.50 bits per heavy atom. The molecule has 3 rings (SSSR count). The molecule has 0 atom stereocenters. The summed E-state index contributed by atoms with van der Waals surface area (Å²) in [7, 11) is 0. The summed E-state index contributed by atoms with van der Waals surface area (Å²) in [6.45, 7) is 8.42. The molecule has 22 heavy (non-hydrogen) atoms. The minimum Gasteiger partial charge on any atom is -0.366 e. The number of hydrogen-bond acceptors (Lipinski definition) is 4. The van der Waals surface area contributed by atoms with Crippen LogP contribution in [-0.2, 0) is 4.79 Å². The van der Waals surface area contributed by atoms with E-state index in [0.29, 0.717) is 12.6 Å². The van der Waals surface area contributed by atoms with Gasteiger partial charge in [-0.05, 0) is 26.7 Å². The minimum atomic E-state index is 0.191. The van der Waals surface area contributed by atoms with Crippen molar-refractivity contribution in [1.29, 1.82) is 0 Å². The molecule has 0 spiro atoms. The molecule has 2 fully saturated rings. The van der Waals surface area contributed by atoms with Crippen LogP contribution in [0.15, 0.2) is 0 Å². The van der Waals surface area contributed by atoms with Crippen molar-refractivity contribution in [1.82, 2.24) is 20.4 Å². The SMILES string of the molecule is Cc1n[nH]c(C)c1N1CCN(CC(=O)NC2CCCC2)CC1. The lowest BCUT2D eigenvalue weighted by atomic mass is 10.2. The van der Waals surface area contributed by atoms with Crippen LogP contribution in [0.25, 0.3) is 0 Å². The van der Waals surface area contributed by atoms with Crippen molar-refractivity contribution >= 4 is 11.6 Å². The van der Waals surface area contributed by atoms with E-state index in [-0.39, 0.29) is 5.91 Å². The number of amides is 1. The second-order valence-corrected chi connectivity index (χ2v) is 6.59.